The Balaban J connectivity index is 2.26. The number of fused-ring (bicyclic) bond motifs is 1. The summed E-state index contributed by atoms with van der Waals surface area (Å²) in [4.78, 5) is 9.17. The molecule has 4 nitrogen and oxygen atoms in total. The first kappa shape index (κ1) is 12.1. The van der Waals surface area contributed by atoms with Gasteiger partial charge in [-0.15, -0.1) is 0 Å². The molecule has 0 unspecified atom stereocenters. The van der Waals surface area contributed by atoms with Crippen molar-refractivity contribution in [2.24, 2.45) is 0 Å². The van der Waals surface area contributed by atoms with E-state index in [0.29, 0.717) is 12.4 Å². The van der Waals surface area contributed by atoms with E-state index in [0.717, 1.165) is 29.1 Å². The summed E-state index contributed by atoms with van der Waals surface area (Å²) >= 11 is 0. The molecule has 1 aromatic rings. The Kier molecular flexibility index (Phi) is 3.19. The van der Waals surface area contributed by atoms with E-state index >= 15 is 0 Å². The minimum Gasteiger partial charge on any atom is -0.350 e. The number of halogens is 3. The number of anilines is 1. The lowest BCUT2D eigenvalue weighted by Crippen LogP contribution is -2.34. The van der Waals surface area contributed by atoms with Gasteiger partial charge in [0.15, 0.2) is 0 Å². The van der Waals surface area contributed by atoms with Gasteiger partial charge in [-0.2, -0.15) is 13.2 Å². The zero-order valence-electron chi connectivity index (χ0n) is 9.38. The van der Waals surface area contributed by atoms with Crippen LogP contribution in [0.3, 0.4) is 0 Å². The summed E-state index contributed by atoms with van der Waals surface area (Å²) < 4.78 is 37.0. The summed E-state index contributed by atoms with van der Waals surface area (Å²) in [5, 5.41) is 3.11. The minimum atomic E-state index is -4.23. The number of rotatable bonds is 2. The van der Waals surface area contributed by atoms with Gasteiger partial charge in [-0.1, -0.05) is 0 Å². The maximum absolute atomic E-state index is 12.3. The van der Waals surface area contributed by atoms with Crippen LogP contribution in [0.4, 0.5) is 19.0 Å². The molecule has 1 N–H and O–H groups in total. The maximum atomic E-state index is 12.3. The van der Waals surface area contributed by atoms with Crippen molar-refractivity contribution in [2.75, 3.05) is 25.0 Å². The van der Waals surface area contributed by atoms with Gasteiger partial charge in [-0.3, -0.25) is 0 Å². The predicted octanol–water partition coefficient (Wildman–Crippen LogP) is 1.12. The van der Waals surface area contributed by atoms with E-state index < -0.39 is 12.7 Å². The molecule has 0 atom stereocenters. The third-order valence-corrected chi connectivity index (χ3v) is 2.63. The van der Waals surface area contributed by atoms with Crippen molar-refractivity contribution in [3.63, 3.8) is 0 Å². The molecule has 7 heteroatoms. The van der Waals surface area contributed by atoms with Crippen LogP contribution in [0.5, 0.6) is 0 Å². The number of alkyl halides is 3. The van der Waals surface area contributed by atoms with Crippen LogP contribution in [-0.4, -0.2) is 36.3 Å². The highest BCUT2D eigenvalue weighted by Gasteiger charge is 2.31. The quantitative estimate of drug-likeness (QED) is 0.849. The molecule has 0 aromatic carbocycles. The van der Waals surface area contributed by atoms with E-state index in [2.05, 4.69) is 15.3 Å². The van der Waals surface area contributed by atoms with Gasteiger partial charge < -0.3 is 10.2 Å². The predicted molar refractivity (Wildman–Crippen MR) is 56.8 cm³/mol. The molecule has 2 heterocycles. The molecule has 0 saturated carbocycles. The van der Waals surface area contributed by atoms with Gasteiger partial charge >= 0.3 is 6.18 Å². The molecular formula is C10H13F3N4. The molecule has 0 spiro atoms. The van der Waals surface area contributed by atoms with Crippen molar-refractivity contribution in [1.29, 1.82) is 0 Å². The monoisotopic (exact) mass is 246 g/mol. The number of nitrogens with zero attached hydrogens (tertiary/aromatic N) is 3. The first-order valence-electron chi connectivity index (χ1n) is 5.29. The molecule has 17 heavy (non-hydrogen) atoms. The molecule has 1 aliphatic heterocycles. The van der Waals surface area contributed by atoms with Gasteiger partial charge in [0.05, 0.1) is 5.69 Å². The van der Waals surface area contributed by atoms with E-state index in [1.54, 1.807) is 0 Å². The van der Waals surface area contributed by atoms with Gasteiger partial charge in [0.1, 0.15) is 18.7 Å². The lowest BCUT2D eigenvalue weighted by atomic mass is 10.1. The third kappa shape index (κ3) is 2.85. The van der Waals surface area contributed by atoms with Crippen LogP contribution in [0, 0.1) is 0 Å². The molecule has 0 fully saturated rings. The van der Waals surface area contributed by atoms with Crippen LogP contribution >= 0.6 is 0 Å². The third-order valence-electron chi connectivity index (χ3n) is 2.63. The standard InChI is InChI=1S/C10H13F3N4/c1-17(5-10(11,12)13)9-7-4-14-3-2-8(7)15-6-16-9/h6,14H,2-5H2,1H3. The Bertz CT molecular complexity index is 405. The number of hydrogen-bond donors (Lipinski definition) is 1. The van der Waals surface area contributed by atoms with E-state index in [4.69, 9.17) is 0 Å². The molecule has 0 saturated heterocycles. The highest BCUT2D eigenvalue weighted by atomic mass is 19.4. The fourth-order valence-corrected chi connectivity index (χ4v) is 1.93. The van der Waals surface area contributed by atoms with Crippen LogP contribution < -0.4 is 10.2 Å². The molecule has 1 aliphatic rings. The van der Waals surface area contributed by atoms with E-state index in [9.17, 15) is 13.2 Å². The van der Waals surface area contributed by atoms with Crippen LogP contribution in [0.1, 0.15) is 11.3 Å². The summed E-state index contributed by atoms with van der Waals surface area (Å²) in [5.74, 6) is 0.361. The number of hydrogen-bond acceptors (Lipinski definition) is 4. The van der Waals surface area contributed by atoms with E-state index in [1.165, 1.54) is 13.4 Å². The Morgan fingerprint density at radius 3 is 2.88 bits per heavy atom. The van der Waals surface area contributed by atoms with Crippen molar-refractivity contribution in [3.8, 4) is 0 Å². The van der Waals surface area contributed by atoms with Gasteiger partial charge in [-0.25, -0.2) is 9.97 Å². The zero-order valence-corrected chi connectivity index (χ0v) is 9.38. The SMILES string of the molecule is CN(CC(F)(F)F)c1ncnc2c1CNCC2. The fraction of sp³-hybridized carbons (Fsp3) is 0.600. The Labute approximate surface area is 96.9 Å². The van der Waals surface area contributed by atoms with Gasteiger partial charge in [-0.05, 0) is 0 Å². The minimum absolute atomic E-state index is 0.361. The van der Waals surface area contributed by atoms with Crippen molar-refractivity contribution in [1.82, 2.24) is 15.3 Å². The molecular weight excluding hydrogens is 233 g/mol. The molecule has 2 rings (SSSR count). The summed E-state index contributed by atoms with van der Waals surface area (Å²) in [6.07, 6.45) is -2.17. The average molecular weight is 246 g/mol. The number of aromatic nitrogens is 2. The normalized spacial score (nSPS) is 15.5. The second-order valence-electron chi connectivity index (χ2n) is 4.02. The average Bonchev–Trinajstić information content (AvgIpc) is 2.26. The molecule has 0 aliphatic carbocycles. The topological polar surface area (TPSA) is 41.1 Å². The first-order chi connectivity index (χ1) is 7.97. The van der Waals surface area contributed by atoms with Crippen LogP contribution in [0.15, 0.2) is 6.33 Å². The molecule has 94 valence electrons. The Morgan fingerprint density at radius 2 is 2.18 bits per heavy atom. The van der Waals surface area contributed by atoms with Crippen LogP contribution in [0.2, 0.25) is 0 Å². The van der Waals surface area contributed by atoms with Crippen molar-refractivity contribution >= 4 is 5.82 Å². The maximum Gasteiger partial charge on any atom is 0.405 e. The highest BCUT2D eigenvalue weighted by Crippen LogP contribution is 2.24. The fourth-order valence-electron chi connectivity index (χ4n) is 1.93. The van der Waals surface area contributed by atoms with Crippen LogP contribution in [-0.2, 0) is 13.0 Å². The molecule has 0 bridgehead atoms. The summed E-state index contributed by atoms with van der Waals surface area (Å²) in [5.41, 5.74) is 1.60. The first-order valence-corrected chi connectivity index (χ1v) is 5.29. The smallest absolute Gasteiger partial charge is 0.350 e. The van der Waals surface area contributed by atoms with Gasteiger partial charge in [0.2, 0.25) is 0 Å². The zero-order chi connectivity index (χ0) is 12.5. The van der Waals surface area contributed by atoms with Crippen molar-refractivity contribution in [3.05, 3.63) is 17.6 Å². The Hall–Kier alpha value is -1.37. The summed E-state index contributed by atoms with van der Waals surface area (Å²) in [7, 11) is 1.39. The van der Waals surface area contributed by atoms with Crippen molar-refractivity contribution < 1.29 is 13.2 Å². The van der Waals surface area contributed by atoms with Gasteiger partial charge in [0, 0.05) is 32.1 Å². The molecule has 0 amide bonds. The van der Waals surface area contributed by atoms with E-state index in [-0.39, 0.29) is 0 Å². The van der Waals surface area contributed by atoms with Crippen LogP contribution in [0.25, 0.3) is 0 Å². The lowest BCUT2D eigenvalue weighted by molar-refractivity contribution is -0.119. The van der Waals surface area contributed by atoms with Crippen molar-refractivity contribution in [2.45, 2.75) is 19.1 Å². The number of nitrogens with one attached hydrogen (secondary N) is 1. The molecule has 0 radical (unpaired) electrons. The largest absolute Gasteiger partial charge is 0.405 e. The van der Waals surface area contributed by atoms with E-state index in [1.807, 2.05) is 0 Å². The Morgan fingerprint density at radius 1 is 1.41 bits per heavy atom. The molecule has 1 aromatic heterocycles. The van der Waals surface area contributed by atoms with Gasteiger partial charge in [0.25, 0.3) is 0 Å². The highest BCUT2D eigenvalue weighted by molar-refractivity contribution is 5.48. The second-order valence-corrected chi connectivity index (χ2v) is 4.02. The summed E-state index contributed by atoms with van der Waals surface area (Å²) in [6, 6.07) is 0. The summed E-state index contributed by atoms with van der Waals surface area (Å²) in [6.45, 7) is 0.316. The second kappa shape index (κ2) is 4.48. The lowest BCUT2D eigenvalue weighted by Gasteiger charge is -2.25.